The van der Waals surface area contributed by atoms with E-state index in [4.69, 9.17) is 4.74 Å². The van der Waals surface area contributed by atoms with Gasteiger partial charge in [-0.1, -0.05) is 38.1 Å². The van der Waals surface area contributed by atoms with Gasteiger partial charge < -0.3 is 10.1 Å². The smallest absolute Gasteiger partial charge is 0.330 e. The van der Waals surface area contributed by atoms with E-state index in [1.807, 2.05) is 26.0 Å². The molecule has 0 bridgehead atoms. The van der Waals surface area contributed by atoms with Crippen LogP contribution >= 0.6 is 0 Å². The Kier molecular flexibility index (Phi) is 6.77. The third kappa shape index (κ3) is 4.31. The summed E-state index contributed by atoms with van der Waals surface area (Å²) >= 11 is 0. The van der Waals surface area contributed by atoms with Gasteiger partial charge in [-0.2, -0.15) is 0 Å². The molecule has 1 N–H and O–H groups in total. The number of likely N-dealkylation sites (tertiary alicyclic amines) is 1. The van der Waals surface area contributed by atoms with Crippen LogP contribution < -0.4 is 10.2 Å². The van der Waals surface area contributed by atoms with Crippen molar-refractivity contribution >= 4 is 41.0 Å². The van der Waals surface area contributed by atoms with E-state index >= 15 is 0 Å². The fraction of sp³-hybridized carbons (Fsp3) is 0.519. The summed E-state index contributed by atoms with van der Waals surface area (Å²) in [6, 6.07) is 5.78. The van der Waals surface area contributed by atoms with Gasteiger partial charge in [0.25, 0.3) is 5.91 Å². The van der Waals surface area contributed by atoms with Crippen LogP contribution in [0.25, 0.3) is 0 Å². The van der Waals surface area contributed by atoms with Crippen LogP contribution in [0.15, 0.2) is 36.4 Å². The lowest BCUT2D eigenvalue weighted by Crippen LogP contribution is -2.61. The summed E-state index contributed by atoms with van der Waals surface area (Å²) in [5.74, 6) is -3.40. The Balaban J connectivity index is 1.57. The summed E-state index contributed by atoms with van der Waals surface area (Å²) in [5.41, 5.74) is -0.251. The minimum atomic E-state index is -1.25. The summed E-state index contributed by atoms with van der Waals surface area (Å²) < 4.78 is 5.61. The fourth-order valence-corrected chi connectivity index (χ4v) is 5.22. The predicted octanol–water partition coefficient (Wildman–Crippen LogP) is 3.05. The Morgan fingerprint density at radius 3 is 2.19 bits per heavy atom. The number of allylic oxidation sites excluding steroid dienone is 2. The molecular formula is C27H33N3O6. The zero-order chi connectivity index (χ0) is 26.4. The molecule has 0 saturated carbocycles. The van der Waals surface area contributed by atoms with E-state index in [2.05, 4.69) is 5.32 Å². The summed E-state index contributed by atoms with van der Waals surface area (Å²) in [6.07, 6.45) is 3.69. The Bertz CT molecular complexity index is 1110. The van der Waals surface area contributed by atoms with Crippen LogP contribution in [0.4, 0.5) is 11.4 Å². The van der Waals surface area contributed by atoms with Gasteiger partial charge in [0.1, 0.15) is 11.6 Å². The van der Waals surface area contributed by atoms with Gasteiger partial charge in [-0.3, -0.25) is 29.0 Å². The minimum Gasteiger partial charge on any atom is -0.451 e. The van der Waals surface area contributed by atoms with Crippen LogP contribution in [0, 0.1) is 17.8 Å². The van der Waals surface area contributed by atoms with Gasteiger partial charge >= 0.3 is 5.97 Å². The van der Waals surface area contributed by atoms with E-state index in [1.165, 1.54) is 11.8 Å². The second kappa shape index (κ2) is 9.52. The standard InChI is InChI=1S/C27H33N3O6/c1-15(2)14-21(29-23(32)17-10-6-7-11-18(17)24(29)33)25(34)36-16(3)22(31)30-20-13-9-8-12-19(20)28-26(35)27(30,4)5/h6-9,12-13,15-18,21H,10-11,14H2,1-5H3,(H,28,35)/t16-,17+,18+,21-/m1/s1. The summed E-state index contributed by atoms with van der Waals surface area (Å²) in [5, 5.41) is 2.80. The molecule has 9 heteroatoms. The topological polar surface area (TPSA) is 113 Å². The lowest BCUT2D eigenvalue weighted by Gasteiger charge is -2.43. The number of anilines is 2. The van der Waals surface area contributed by atoms with E-state index in [0.717, 1.165) is 4.90 Å². The number of ether oxygens (including phenoxy) is 1. The molecule has 36 heavy (non-hydrogen) atoms. The highest BCUT2D eigenvalue weighted by Gasteiger charge is 2.52. The average molecular weight is 496 g/mol. The number of carbonyl (C=O) groups excluding carboxylic acids is 5. The van der Waals surface area contributed by atoms with Gasteiger partial charge in [0.15, 0.2) is 6.10 Å². The van der Waals surface area contributed by atoms with Crippen molar-refractivity contribution < 1.29 is 28.7 Å². The first-order chi connectivity index (χ1) is 16.9. The zero-order valence-electron chi connectivity index (χ0n) is 21.3. The van der Waals surface area contributed by atoms with E-state index in [0.29, 0.717) is 24.2 Å². The normalized spacial score (nSPS) is 24.2. The number of esters is 1. The van der Waals surface area contributed by atoms with Gasteiger partial charge in [0, 0.05) is 0 Å². The first kappa shape index (κ1) is 25.6. The average Bonchev–Trinajstić information content (AvgIpc) is 3.07. The summed E-state index contributed by atoms with van der Waals surface area (Å²) in [7, 11) is 0. The van der Waals surface area contributed by atoms with Gasteiger partial charge in [-0.05, 0) is 58.1 Å². The van der Waals surface area contributed by atoms with Crippen LogP contribution in [0.5, 0.6) is 0 Å². The predicted molar refractivity (Wildman–Crippen MR) is 133 cm³/mol. The molecule has 0 aromatic heterocycles. The molecule has 4 atom stereocenters. The largest absolute Gasteiger partial charge is 0.451 e. The SMILES string of the molecule is CC(C)C[C@H](C(=O)O[C@H](C)C(=O)N1c2ccccc2NC(=O)C1(C)C)N1C(=O)[C@H]2CC=CC[C@@H]2C1=O. The van der Waals surface area contributed by atoms with Crippen molar-refractivity contribution in [3.05, 3.63) is 36.4 Å². The van der Waals surface area contributed by atoms with Crippen molar-refractivity contribution in [3.8, 4) is 0 Å². The Hall–Kier alpha value is -3.49. The van der Waals surface area contributed by atoms with Gasteiger partial charge in [0.05, 0.1) is 23.2 Å². The summed E-state index contributed by atoms with van der Waals surface area (Å²) in [6.45, 7) is 8.45. The molecule has 0 radical (unpaired) electrons. The molecule has 4 amide bonds. The highest BCUT2D eigenvalue weighted by Crippen LogP contribution is 2.39. The quantitative estimate of drug-likeness (QED) is 0.369. The number of fused-ring (bicyclic) bond motifs is 2. The third-order valence-electron chi connectivity index (χ3n) is 7.19. The first-order valence-electron chi connectivity index (χ1n) is 12.4. The van der Waals surface area contributed by atoms with Crippen LogP contribution in [0.1, 0.15) is 53.9 Å². The Labute approximate surface area is 210 Å². The molecule has 9 nitrogen and oxygen atoms in total. The number of hydrogen-bond donors (Lipinski definition) is 1. The lowest BCUT2D eigenvalue weighted by molar-refractivity contribution is -0.165. The maximum atomic E-state index is 13.6. The molecule has 2 aliphatic heterocycles. The molecule has 1 saturated heterocycles. The van der Waals surface area contributed by atoms with Crippen molar-refractivity contribution in [3.63, 3.8) is 0 Å². The molecule has 1 aromatic carbocycles. The van der Waals surface area contributed by atoms with Crippen molar-refractivity contribution in [2.45, 2.75) is 71.6 Å². The molecule has 0 spiro atoms. The number of benzene rings is 1. The number of carbonyl (C=O) groups is 5. The second-order valence-electron chi connectivity index (χ2n) is 10.6. The minimum absolute atomic E-state index is 0.00786. The molecule has 3 aliphatic rings. The van der Waals surface area contributed by atoms with Crippen LogP contribution in [0.3, 0.4) is 0 Å². The van der Waals surface area contributed by atoms with Gasteiger partial charge in [-0.25, -0.2) is 4.79 Å². The van der Waals surface area contributed by atoms with Gasteiger partial charge in [0.2, 0.25) is 17.7 Å². The van der Waals surface area contributed by atoms with E-state index in [-0.39, 0.29) is 30.1 Å². The van der Waals surface area contributed by atoms with Crippen molar-refractivity contribution in [1.82, 2.24) is 4.90 Å². The summed E-state index contributed by atoms with van der Waals surface area (Å²) in [4.78, 5) is 68.4. The van der Waals surface area contributed by atoms with Crippen LogP contribution in [0.2, 0.25) is 0 Å². The molecule has 0 unspecified atom stereocenters. The third-order valence-corrected chi connectivity index (χ3v) is 7.19. The highest BCUT2D eigenvalue weighted by atomic mass is 16.5. The molecule has 4 rings (SSSR count). The number of hydrogen-bond acceptors (Lipinski definition) is 6. The second-order valence-corrected chi connectivity index (χ2v) is 10.6. The molecule has 192 valence electrons. The molecule has 1 fully saturated rings. The zero-order valence-corrected chi connectivity index (χ0v) is 21.3. The maximum Gasteiger partial charge on any atom is 0.330 e. The Morgan fingerprint density at radius 2 is 1.61 bits per heavy atom. The Morgan fingerprint density at radius 1 is 1.03 bits per heavy atom. The lowest BCUT2D eigenvalue weighted by atomic mass is 9.85. The van der Waals surface area contributed by atoms with E-state index < -0.39 is 41.4 Å². The monoisotopic (exact) mass is 495 g/mol. The van der Waals surface area contributed by atoms with Crippen molar-refractivity contribution in [2.24, 2.45) is 17.8 Å². The number of nitrogens with one attached hydrogen (secondary N) is 1. The fourth-order valence-electron chi connectivity index (χ4n) is 5.22. The number of amides is 4. The number of nitrogens with zero attached hydrogens (tertiary/aromatic N) is 2. The van der Waals surface area contributed by atoms with Crippen LogP contribution in [-0.2, 0) is 28.7 Å². The number of para-hydroxylation sites is 2. The first-order valence-corrected chi connectivity index (χ1v) is 12.4. The van der Waals surface area contributed by atoms with Crippen molar-refractivity contribution in [1.29, 1.82) is 0 Å². The molecular weight excluding hydrogens is 462 g/mol. The number of rotatable bonds is 6. The molecule has 1 aromatic rings. The van der Waals surface area contributed by atoms with E-state index in [1.54, 1.807) is 38.1 Å². The number of imide groups is 1. The molecule has 1 aliphatic carbocycles. The molecule has 2 heterocycles. The maximum absolute atomic E-state index is 13.6. The van der Waals surface area contributed by atoms with E-state index in [9.17, 15) is 24.0 Å². The van der Waals surface area contributed by atoms with Gasteiger partial charge in [-0.15, -0.1) is 0 Å². The highest BCUT2D eigenvalue weighted by molar-refractivity contribution is 6.15. The van der Waals surface area contributed by atoms with Crippen molar-refractivity contribution in [2.75, 3.05) is 10.2 Å². The van der Waals surface area contributed by atoms with Crippen LogP contribution in [-0.4, -0.2) is 52.2 Å².